The first-order chi connectivity index (χ1) is 12.8. The van der Waals surface area contributed by atoms with Gasteiger partial charge in [0.15, 0.2) is 0 Å². The number of carbonyl (C=O) groups is 1. The molecule has 6 heteroatoms. The fourth-order valence-electron chi connectivity index (χ4n) is 6.14. The summed E-state index contributed by atoms with van der Waals surface area (Å²) < 4.78 is 6.23. The molecule has 5 atom stereocenters. The highest BCUT2D eigenvalue weighted by molar-refractivity contribution is 6.42. The lowest BCUT2D eigenvalue weighted by molar-refractivity contribution is -0.137. The monoisotopic (exact) mass is 411 g/mol. The van der Waals surface area contributed by atoms with E-state index in [0.717, 1.165) is 24.8 Å². The average molecular weight is 412 g/mol. The zero-order valence-electron chi connectivity index (χ0n) is 15.8. The zero-order chi connectivity index (χ0) is 19.4. The third-order valence-electron chi connectivity index (χ3n) is 7.42. The molecular weight excluding hydrogens is 385 g/mol. The first-order valence-corrected chi connectivity index (χ1v) is 10.5. The summed E-state index contributed by atoms with van der Waals surface area (Å²) in [7, 11) is 0. The Bertz CT molecular complexity index is 753. The van der Waals surface area contributed by atoms with Gasteiger partial charge in [-0.2, -0.15) is 0 Å². The van der Waals surface area contributed by atoms with Crippen molar-refractivity contribution in [2.75, 3.05) is 13.2 Å². The highest BCUT2D eigenvalue weighted by atomic mass is 35.5. The number of rotatable bonds is 4. The minimum Gasteiger partial charge on any atom is -0.396 e. The van der Waals surface area contributed by atoms with E-state index in [1.165, 1.54) is 0 Å². The van der Waals surface area contributed by atoms with Gasteiger partial charge in [0.2, 0.25) is 5.91 Å². The summed E-state index contributed by atoms with van der Waals surface area (Å²) in [4.78, 5) is 12.3. The van der Waals surface area contributed by atoms with Crippen molar-refractivity contribution in [1.29, 1.82) is 0 Å². The zero-order valence-corrected chi connectivity index (χ0v) is 17.3. The Labute approximate surface area is 170 Å². The molecule has 1 amide bonds. The van der Waals surface area contributed by atoms with Gasteiger partial charge in [-0.3, -0.25) is 4.79 Å². The molecule has 3 fully saturated rings. The van der Waals surface area contributed by atoms with Crippen molar-refractivity contribution >= 4 is 29.1 Å². The number of carbonyl (C=O) groups excluding carboxylic acids is 1. The van der Waals surface area contributed by atoms with E-state index >= 15 is 0 Å². The van der Waals surface area contributed by atoms with E-state index < -0.39 is 0 Å². The van der Waals surface area contributed by atoms with Gasteiger partial charge in [0.25, 0.3) is 0 Å². The van der Waals surface area contributed by atoms with E-state index in [9.17, 15) is 4.79 Å². The van der Waals surface area contributed by atoms with Gasteiger partial charge in [-0.1, -0.05) is 43.1 Å². The van der Waals surface area contributed by atoms with Crippen LogP contribution in [0.1, 0.15) is 51.2 Å². The van der Waals surface area contributed by atoms with Crippen LogP contribution in [0.4, 0.5) is 0 Å². The van der Waals surface area contributed by atoms with Gasteiger partial charge < -0.3 is 15.2 Å². The molecule has 148 valence electrons. The Balaban J connectivity index is 1.67. The fourth-order valence-corrected chi connectivity index (χ4v) is 6.45. The minimum atomic E-state index is -0.117. The summed E-state index contributed by atoms with van der Waals surface area (Å²) in [6.07, 6.45) is 3.32. The molecule has 4 nitrogen and oxygen atoms in total. The first-order valence-electron chi connectivity index (χ1n) is 9.76. The van der Waals surface area contributed by atoms with Crippen molar-refractivity contribution in [3.05, 3.63) is 33.8 Å². The maximum Gasteiger partial charge on any atom is 0.222 e. The summed E-state index contributed by atoms with van der Waals surface area (Å²) in [5.74, 6) is 0.837. The van der Waals surface area contributed by atoms with Gasteiger partial charge in [0.05, 0.1) is 22.8 Å². The van der Waals surface area contributed by atoms with E-state index in [-0.39, 0.29) is 41.9 Å². The van der Waals surface area contributed by atoms with E-state index in [2.05, 4.69) is 19.2 Å². The Morgan fingerprint density at radius 2 is 2.11 bits per heavy atom. The summed E-state index contributed by atoms with van der Waals surface area (Å²) in [5.41, 5.74) is 1.15. The van der Waals surface area contributed by atoms with Gasteiger partial charge in [-0.05, 0) is 59.6 Å². The van der Waals surface area contributed by atoms with Gasteiger partial charge in [0.1, 0.15) is 0 Å². The molecule has 1 aromatic rings. The molecule has 4 rings (SSSR count). The third-order valence-corrected chi connectivity index (χ3v) is 8.16. The molecule has 2 saturated carbocycles. The molecule has 1 spiro atoms. The normalized spacial score (nSPS) is 36.5. The van der Waals surface area contributed by atoms with Gasteiger partial charge >= 0.3 is 0 Å². The highest BCUT2D eigenvalue weighted by Gasteiger charge is 2.68. The van der Waals surface area contributed by atoms with Crippen LogP contribution in [0.5, 0.6) is 0 Å². The topological polar surface area (TPSA) is 58.6 Å². The van der Waals surface area contributed by atoms with Gasteiger partial charge in [-0.15, -0.1) is 0 Å². The van der Waals surface area contributed by atoms with Crippen molar-refractivity contribution in [3.8, 4) is 0 Å². The SMILES string of the molecule is CC1(C)[C@@H]2C[C@@H]3[C@@H](c4ccc(Cl)c(Cl)c4)OCCC3(C2)[C@H]1NC(=O)CCO. The molecule has 1 saturated heterocycles. The van der Waals surface area contributed by atoms with Crippen LogP contribution in [-0.2, 0) is 9.53 Å². The standard InChI is InChI=1S/C21H27Cl2NO3/c1-20(2)13-10-14-18(12-3-4-15(22)16(23)9-12)27-8-6-21(14,11-13)19(20)24-17(26)5-7-25/h3-4,9,13-14,18-19,25H,5-8,10-11H2,1-2H3,(H,24,26)/t13-,14-,18-,19+,21?/m1/s1. The quantitative estimate of drug-likeness (QED) is 0.772. The predicted molar refractivity (Wildman–Crippen MR) is 106 cm³/mol. The molecule has 3 aliphatic rings. The largest absolute Gasteiger partial charge is 0.396 e. The second kappa shape index (κ2) is 6.91. The Kier molecular flexibility index (Phi) is 4.99. The number of aliphatic hydroxyl groups excluding tert-OH is 1. The van der Waals surface area contributed by atoms with Crippen LogP contribution < -0.4 is 5.32 Å². The van der Waals surface area contributed by atoms with Gasteiger partial charge in [-0.25, -0.2) is 0 Å². The molecule has 2 aliphatic carbocycles. The number of fused-ring (bicyclic) bond motifs is 1. The Hall–Kier alpha value is -0.810. The molecule has 1 unspecified atom stereocenters. The van der Waals surface area contributed by atoms with Crippen LogP contribution in [0.25, 0.3) is 0 Å². The van der Waals surface area contributed by atoms with E-state index in [0.29, 0.717) is 28.5 Å². The first kappa shape index (κ1) is 19.5. The average Bonchev–Trinajstić information content (AvgIpc) is 3.10. The summed E-state index contributed by atoms with van der Waals surface area (Å²) in [6.45, 7) is 5.11. The van der Waals surface area contributed by atoms with Crippen molar-refractivity contribution in [2.24, 2.45) is 22.7 Å². The molecule has 2 N–H and O–H groups in total. The number of nitrogens with one attached hydrogen (secondary N) is 1. The second-order valence-electron chi connectivity index (χ2n) is 8.99. The smallest absolute Gasteiger partial charge is 0.222 e. The van der Waals surface area contributed by atoms with Crippen molar-refractivity contribution in [1.82, 2.24) is 5.32 Å². The van der Waals surface area contributed by atoms with Crippen LogP contribution in [0, 0.1) is 22.7 Å². The third kappa shape index (κ3) is 3.00. The van der Waals surface area contributed by atoms with Crippen molar-refractivity contribution in [2.45, 2.75) is 51.7 Å². The minimum absolute atomic E-state index is 0.0214. The number of benzene rings is 1. The Morgan fingerprint density at radius 1 is 1.33 bits per heavy atom. The lowest BCUT2D eigenvalue weighted by atomic mass is 9.59. The molecule has 27 heavy (non-hydrogen) atoms. The Morgan fingerprint density at radius 3 is 2.81 bits per heavy atom. The number of hydrogen-bond donors (Lipinski definition) is 2. The van der Waals surface area contributed by atoms with E-state index in [1.54, 1.807) is 0 Å². The van der Waals surface area contributed by atoms with Crippen molar-refractivity contribution < 1.29 is 14.6 Å². The summed E-state index contributed by atoms with van der Waals surface area (Å²) in [5, 5.41) is 13.5. The molecule has 1 aliphatic heterocycles. The molecule has 1 heterocycles. The summed E-state index contributed by atoms with van der Waals surface area (Å²) >= 11 is 12.4. The number of halogens is 2. The van der Waals surface area contributed by atoms with Gasteiger partial charge in [0, 0.05) is 19.1 Å². The highest BCUT2D eigenvalue weighted by Crippen LogP contribution is 2.70. The molecule has 0 aromatic heterocycles. The lowest BCUT2D eigenvalue weighted by Gasteiger charge is -2.53. The number of amides is 1. The predicted octanol–water partition coefficient (Wildman–Crippen LogP) is 4.37. The lowest BCUT2D eigenvalue weighted by Crippen LogP contribution is -2.59. The van der Waals surface area contributed by atoms with Crippen LogP contribution in [0.3, 0.4) is 0 Å². The van der Waals surface area contributed by atoms with E-state index in [4.69, 9.17) is 33.0 Å². The van der Waals surface area contributed by atoms with Crippen LogP contribution in [0.2, 0.25) is 10.0 Å². The second-order valence-corrected chi connectivity index (χ2v) is 9.80. The van der Waals surface area contributed by atoms with Crippen molar-refractivity contribution in [3.63, 3.8) is 0 Å². The number of hydrogen-bond acceptors (Lipinski definition) is 3. The summed E-state index contributed by atoms with van der Waals surface area (Å²) in [6, 6.07) is 5.86. The molecule has 0 radical (unpaired) electrons. The number of aliphatic hydroxyl groups is 1. The maximum atomic E-state index is 12.3. The molecular formula is C21H27Cl2NO3. The molecule has 1 aromatic carbocycles. The van der Waals surface area contributed by atoms with Crippen LogP contribution >= 0.6 is 23.2 Å². The van der Waals surface area contributed by atoms with Crippen LogP contribution in [-0.4, -0.2) is 30.3 Å². The van der Waals surface area contributed by atoms with Crippen LogP contribution in [0.15, 0.2) is 18.2 Å². The number of ether oxygens (including phenoxy) is 1. The fraction of sp³-hybridized carbons (Fsp3) is 0.667. The van der Waals surface area contributed by atoms with E-state index in [1.807, 2.05) is 18.2 Å². The molecule has 2 bridgehead atoms. The maximum absolute atomic E-state index is 12.3.